The Bertz CT molecular complexity index is 681. The molecule has 0 aliphatic heterocycles. The fourth-order valence-electron chi connectivity index (χ4n) is 4.78. The van der Waals surface area contributed by atoms with Gasteiger partial charge in [-0.15, -0.1) is 12.4 Å². The maximum Gasteiger partial charge on any atom is 0.0945 e. The molecular weight excluding hydrogens is 327 g/mol. The largest absolute Gasteiger partial charge is 0.337 e. The van der Waals surface area contributed by atoms with Gasteiger partial charge in [0.2, 0.25) is 0 Å². The monoisotopic (exact) mass is 350 g/mol. The molecule has 0 spiro atoms. The fraction of sp³-hybridized carbons (Fsp3) is 0.526. The molecule has 2 aromatic rings. The van der Waals surface area contributed by atoms with Crippen molar-refractivity contribution in [1.82, 2.24) is 9.55 Å². The zero-order valence-electron chi connectivity index (χ0n) is 13.6. The summed E-state index contributed by atoms with van der Waals surface area (Å²) in [6.07, 6.45) is 13.4. The van der Waals surface area contributed by atoms with Gasteiger partial charge in [0.15, 0.2) is 0 Å². The van der Waals surface area contributed by atoms with Crippen molar-refractivity contribution in [1.29, 1.82) is 0 Å². The number of imidazole rings is 1. The zero-order valence-corrected chi connectivity index (χ0v) is 15.2. The number of nitrogens with zero attached hydrogens (tertiary/aromatic N) is 2. The average molecular weight is 351 g/mol. The van der Waals surface area contributed by atoms with E-state index in [0.29, 0.717) is 5.41 Å². The van der Waals surface area contributed by atoms with Crippen LogP contribution in [-0.4, -0.2) is 9.55 Å². The summed E-state index contributed by atoms with van der Waals surface area (Å²) in [4.78, 5) is 4.14. The number of aromatic nitrogens is 2. The predicted octanol–water partition coefficient (Wildman–Crippen LogP) is 5.21. The van der Waals surface area contributed by atoms with E-state index in [-0.39, 0.29) is 12.4 Å². The third-order valence-electron chi connectivity index (χ3n) is 5.71. The van der Waals surface area contributed by atoms with E-state index in [1.807, 2.05) is 12.5 Å². The Hall–Kier alpha value is -0.990. The highest BCUT2D eigenvalue weighted by Crippen LogP contribution is 2.50. The molecule has 2 aliphatic rings. The molecule has 23 heavy (non-hydrogen) atoms. The molecule has 0 saturated carbocycles. The van der Waals surface area contributed by atoms with Gasteiger partial charge in [0, 0.05) is 24.0 Å². The third-order valence-corrected chi connectivity index (χ3v) is 6.06. The van der Waals surface area contributed by atoms with Crippen molar-refractivity contribution in [3.8, 4) is 0 Å². The number of hydrogen-bond acceptors (Lipinski definition) is 1. The van der Waals surface area contributed by atoms with Crippen molar-refractivity contribution in [2.75, 3.05) is 0 Å². The molecule has 0 N–H and O–H groups in total. The molecule has 0 amide bonds. The lowest BCUT2D eigenvalue weighted by molar-refractivity contribution is 0.255. The van der Waals surface area contributed by atoms with Crippen LogP contribution >= 0.6 is 24.0 Å². The van der Waals surface area contributed by atoms with Gasteiger partial charge in [-0.2, -0.15) is 0 Å². The number of hydrogen-bond donors (Lipinski definition) is 0. The van der Waals surface area contributed by atoms with Crippen molar-refractivity contribution in [3.63, 3.8) is 0 Å². The topological polar surface area (TPSA) is 17.8 Å². The van der Waals surface area contributed by atoms with Crippen LogP contribution in [0.25, 0.3) is 0 Å². The molecule has 2 atom stereocenters. The van der Waals surface area contributed by atoms with Gasteiger partial charge in [-0.05, 0) is 72.6 Å². The van der Waals surface area contributed by atoms with Crippen molar-refractivity contribution < 1.29 is 0 Å². The Morgan fingerprint density at radius 3 is 3.04 bits per heavy atom. The van der Waals surface area contributed by atoms with Crippen LogP contribution in [-0.2, 0) is 24.8 Å². The number of aryl methyl sites for hydroxylation is 2. The highest BCUT2D eigenvalue weighted by Gasteiger charge is 2.40. The van der Waals surface area contributed by atoms with Crippen molar-refractivity contribution in [2.45, 2.75) is 57.4 Å². The molecule has 0 fully saturated rings. The molecule has 1 aromatic heterocycles. The maximum absolute atomic E-state index is 6.57. The highest BCUT2D eigenvalue weighted by atomic mass is 35.5. The van der Waals surface area contributed by atoms with Crippen molar-refractivity contribution in [2.24, 2.45) is 5.92 Å². The van der Waals surface area contributed by atoms with E-state index in [0.717, 1.165) is 23.9 Å². The van der Waals surface area contributed by atoms with Crippen molar-refractivity contribution >= 4 is 24.0 Å². The quantitative estimate of drug-likeness (QED) is 0.743. The van der Waals surface area contributed by atoms with Crippen LogP contribution in [0.4, 0.5) is 0 Å². The number of rotatable bonds is 3. The van der Waals surface area contributed by atoms with Crippen LogP contribution in [0.3, 0.4) is 0 Å². The first-order valence-corrected chi connectivity index (χ1v) is 8.80. The summed E-state index contributed by atoms with van der Waals surface area (Å²) in [5.74, 6) is 0.728. The van der Waals surface area contributed by atoms with Gasteiger partial charge < -0.3 is 4.57 Å². The van der Waals surface area contributed by atoms with Gasteiger partial charge in [0.05, 0.1) is 6.33 Å². The van der Waals surface area contributed by atoms with Gasteiger partial charge in [0.1, 0.15) is 0 Å². The molecule has 0 unspecified atom stereocenters. The van der Waals surface area contributed by atoms with Crippen LogP contribution < -0.4 is 0 Å². The molecule has 2 aliphatic carbocycles. The van der Waals surface area contributed by atoms with E-state index < -0.39 is 0 Å². The van der Waals surface area contributed by atoms with E-state index >= 15 is 0 Å². The smallest absolute Gasteiger partial charge is 0.0945 e. The fourth-order valence-corrected chi connectivity index (χ4v) is 5.02. The van der Waals surface area contributed by atoms with E-state index in [1.54, 1.807) is 11.1 Å². The molecule has 0 radical (unpaired) electrons. The molecule has 1 heterocycles. The Morgan fingerprint density at radius 2 is 2.26 bits per heavy atom. The van der Waals surface area contributed by atoms with Crippen molar-refractivity contribution in [3.05, 3.63) is 52.6 Å². The van der Waals surface area contributed by atoms with Crippen LogP contribution in [0.5, 0.6) is 0 Å². The Morgan fingerprint density at radius 1 is 1.39 bits per heavy atom. The maximum atomic E-state index is 6.57. The summed E-state index contributed by atoms with van der Waals surface area (Å²) in [6.45, 7) is 3.53. The van der Waals surface area contributed by atoms with Crippen LogP contribution in [0, 0.1) is 5.92 Å². The summed E-state index contributed by atoms with van der Waals surface area (Å²) >= 11 is 6.57. The van der Waals surface area contributed by atoms with Gasteiger partial charge in [-0.25, -0.2) is 4.98 Å². The Kier molecular flexibility index (Phi) is 4.75. The number of benzene rings is 1. The van der Waals surface area contributed by atoms with Gasteiger partial charge in [-0.3, -0.25) is 0 Å². The molecule has 0 saturated heterocycles. The predicted molar refractivity (Wildman–Crippen MR) is 97.6 cm³/mol. The molecule has 124 valence electrons. The summed E-state index contributed by atoms with van der Waals surface area (Å²) in [7, 11) is 0. The van der Waals surface area contributed by atoms with E-state index in [4.69, 9.17) is 11.6 Å². The zero-order chi connectivity index (χ0) is 15.2. The number of halogens is 2. The molecule has 0 bridgehead atoms. The van der Waals surface area contributed by atoms with Crippen LogP contribution in [0.15, 0.2) is 30.9 Å². The van der Waals surface area contributed by atoms with Crippen LogP contribution in [0.2, 0.25) is 5.02 Å². The first kappa shape index (κ1) is 16.9. The molecule has 4 rings (SSSR count). The minimum Gasteiger partial charge on any atom is -0.337 e. The average Bonchev–Trinajstić information content (AvgIpc) is 3.01. The van der Waals surface area contributed by atoms with Crippen LogP contribution in [0.1, 0.15) is 49.3 Å². The van der Waals surface area contributed by atoms with E-state index in [2.05, 4.69) is 34.8 Å². The second-order valence-electron chi connectivity index (χ2n) is 7.34. The van der Waals surface area contributed by atoms with E-state index in [9.17, 15) is 0 Å². The normalized spacial score (nSPS) is 25.6. The van der Waals surface area contributed by atoms with Gasteiger partial charge in [-0.1, -0.05) is 24.6 Å². The molecule has 2 nitrogen and oxygen atoms in total. The Labute approximate surface area is 149 Å². The Balaban J connectivity index is 0.00000156. The summed E-state index contributed by atoms with van der Waals surface area (Å²) < 4.78 is 2.19. The lowest BCUT2D eigenvalue weighted by Gasteiger charge is -2.44. The first-order chi connectivity index (χ1) is 10.7. The lowest BCUT2D eigenvalue weighted by atomic mass is 9.60. The highest BCUT2D eigenvalue weighted by molar-refractivity contribution is 6.31. The summed E-state index contributed by atoms with van der Waals surface area (Å²) in [5, 5.41) is 0.985. The molecular formula is C19H24Cl2N2. The minimum atomic E-state index is 0. The molecule has 1 aromatic carbocycles. The van der Waals surface area contributed by atoms with Gasteiger partial charge in [0.25, 0.3) is 0 Å². The lowest BCUT2D eigenvalue weighted by Crippen LogP contribution is -2.36. The van der Waals surface area contributed by atoms with E-state index in [1.165, 1.54) is 37.7 Å². The summed E-state index contributed by atoms with van der Waals surface area (Å²) in [5.41, 5.74) is 4.95. The minimum absolute atomic E-state index is 0. The second kappa shape index (κ2) is 6.49. The van der Waals surface area contributed by atoms with Gasteiger partial charge >= 0.3 is 0 Å². The first-order valence-electron chi connectivity index (χ1n) is 8.42. The standard InChI is InChI=1S/C19H23ClN2.ClH/c1-19-7-2-3-15-4-5-17(20)16(18(15)19)11-14(12-19)6-9-22-10-8-21-13-22;/h4-5,8,10,13-14H,2-3,6-7,9,11-12H2,1H3;1H/t14-,19-;/m1./s1. The second-order valence-corrected chi connectivity index (χ2v) is 7.74. The molecule has 4 heteroatoms. The third kappa shape index (κ3) is 3.04. The SMILES string of the molecule is C[C@]12CCCc3ccc(Cl)c(c31)C[C@@H](CCn1ccnc1)C2.Cl. The summed E-state index contributed by atoms with van der Waals surface area (Å²) in [6, 6.07) is 4.39.